The van der Waals surface area contributed by atoms with Crippen LogP contribution in [-0.2, 0) is 9.53 Å². The quantitative estimate of drug-likeness (QED) is 0.0878. The maximum atomic E-state index is 11.2. The molecule has 0 aliphatic carbocycles. The standard InChI is InChI=1S/C28H54O2/c1-3-5-6-7-8-9-10-11-12-13-14-15-16-17-18-19-20-21-22-23-24-25-27-30-28(29)26-4-2/h4,26H,3,5-25,27H2,1-2H3. The van der Waals surface area contributed by atoms with Crippen LogP contribution in [0.25, 0.3) is 0 Å². The monoisotopic (exact) mass is 422 g/mol. The van der Waals surface area contributed by atoms with E-state index in [9.17, 15) is 4.79 Å². The molecule has 0 N–H and O–H groups in total. The molecular weight excluding hydrogens is 368 g/mol. The number of rotatable bonds is 24. The summed E-state index contributed by atoms with van der Waals surface area (Å²) in [6, 6.07) is 0. The van der Waals surface area contributed by atoms with Crippen molar-refractivity contribution in [2.24, 2.45) is 0 Å². The Labute approximate surface area is 189 Å². The second kappa shape index (κ2) is 26.2. The first-order valence-electron chi connectivity index (χ1n) is 13.6. The number of ether oxygens (including phenoxy) is 1. The molecule has 0 aromatic rings. The summed E-state index contributed by atoms with van der Waals surface area (Å²) in [7, 11) is 0. The number of carbonyl (C=O) groups excluding carboxylic acids is 1. The summed E-state index contributed by atoms with van der Waals surface area (Å²) in [5, 5.41) is 0. The second-order valence-corrected chi connectivity index (χ2v) is 9.09. The van der Waals surface area contributed by atoms with Gasteiger partial charge in [0.05, 0.1) is 6.61 Å². The van der Waals surface area contributed by atoms with Crippen molar-refractivity contribution in [3.63, 3.8) is 0 Å². The molecule has 0 aliphatic rings. The molecule has 0 saturated carbocycles. The fraction of sp³-hybridized carbons (Fsp3) is 0.893. The van der Waals surface area contributed by atoms with E-state index in [2.05, 4.69) is 6.92 Å². The summed E-state index contributed by atoms with van der Waals surface area (Å²) in [6.45, 7) is 4.70. The van der Waals surface area contributed by atoms with Crippen LogP contribution in [0.2, 0.25) is 0 Å². The Kier molecular flexibility index (Phi) is 25.6. The van der Waals surface area contributed by atoms with Gasteiger partial charge < -0.3 is 4.74 Å². The lowest BCUT2D eigenvalue weighted by atomic mass is 10.0. The van der Waals surface area contributed by atoms with E-state index in [0.717, 1.165) is 6.42 Å². The molecule has 0 aliphatic heterocycles. The van der Waals surface area contributed by atoms with E-state index in [-0.39, 0.29) is 5.97 Å². The Morgan fingerprint density at radius 3 is 1.13 bits per heavy atom. The van der Waals surface area contributed by atoms with Gasteiger partial charge in [-0.3, -0.25) is 0 Å². The summed E-state index contributed by atoms with van der Waals surface area (Å²) in [5.41, 5.74) is 0. The van der Waals surface area contributed by atoms with E-state index < -0.39 is 0 Å². The summed E-state index contributed by atoms with van der Waals surface area (Å²) >= 11 is 0. The predicted molar refractivity (Wildman–Crippen MR) is 133 cm³/mol. The molecule has 0 spiro atoms. The maximum Gasteiger partial charge on any atom is 0.330 e. The van der Waals surface area contributed by atoms with Gasteiger partial charge in [-0.05, 0) is 13.3 Å². The van der Waals surface area contributed by atoms with Gasteiger partial charge in [-0.2, -0.15) is 0 Å². The molecule has 2 heteroatoms. The molecular formula is C28H54O2. The number of unbranched alkanes of at least 4 members (excludes halogenated alkanes) is 21. The third-order valence-electron chi connectivity index (χ3n) is 6.04. The molecule has 0 heterocycles. The van der Waals surface area contributed by atoms with Crippen LogP contribution in [0.3, 0.4) is 0 Å². The molecule has 0 saturated heterocycles. The third-order valence-corrected chi connectivity index (χ3v) is 6.04. The molecule has 30 heavy (non-hydrogen) atoms. The SMILES string of the molecule is CC=CC(=O)OCCCCCCCCCCCCCCCCCCCCCCCC. The minimum Gasteiger partial charge on any atom is -0.463 e. The van der Waals surface area contributed by atoms with Gasteiger partial charge in [0.15, 0.2) is 0 Å². The maximum absolute atomic E-state index is 11.2. The fourth-order valence-electron chi connectivity index (χ4n) is 4.07. The summed E-state index contributed by atoms with van der Waals surface area (Å²) in [6.07, 6.45) is 33.9. The third kappa shape index (κ3) is 25.2. The fourth-order valence-corrected chi connectivity index (χ4v) is 4.07. The van der Waals surface area contributed by atoms with Gasteiger partial charge >= 0.3 is 5.97 Å². The van der Waals surface area contributed by atoms with Crippen molar-refractivity contribution in [1.82, 2.24) is 0 Å². The first kappa shape index (κ1) is 29.2. The molecule has 2 nitrogen and oxygen atoms in total. The molecule has 178 valence electrons. The van der Waals surface area contributed by atoms with E-state index in [1.807, 2.05) is 6.92 Å². The van der Waals surface area contributed by atoms with Crippen LogP contribution >= 0.6 is 0 Å². The van der Waals surface area contributed by atoms with Crippen molar-refractivity contribution in [3.05, 3.63) is 12.2 Å². The summed E-state index contributed by atoms with van der Waals surface area (Å²) in [4.78, 5) is 11.2. The van der Waals surface area contributed by atoms with E-state index in [1.165, 1.54) is 141 Å². The number of hydrogen-bond donors (Lipinski definition) is 0. The largest absolute Gasteiger partial charge is 0.463 e. The zero-order valence-electron chi connectivity index (χ0n) is 20.7. The molecule has 0 radical (unpaired) electrons. The van der Waals surface area contributed by atoms with Crippen molar-refractivity contribution < 1.29 is 9.53 Å². The number of hydrogen-bond acceptors (Lipinski definition) is 2. The Bertz CT molecular complexity index is 362. The summed E-state index contributed by atoms with van der Waals surface area (Å²) in [5.74, 6) is -0.207. The highest BCUT2D eigenvalue weighted by molar-refractivity contribution is 5.81. The number of carbonyl (C=O) groups is 1. The van der Waals surface area contributed by atoms with Crippen molar-refractivity contribution in [2.45, 2.75) is 155 Å². The molecule has 0 unspecified atom stereocenters. The van der Waals surface area contributed by atoms with Gasteiger partial charge in [0.25, 0.3) is 0 Å². The molecule has 0 aromatic carbocycles. The van der Waals surface area contributed by atoms with Gasteiger partial charge in [0, 0.05) is 6.08 Å². The molecule has 0 atom stereocenters. The van der Waals surface area contributed by atoms with Crippen LogP contribution in [0.1, 0.15) is 155 Å². The zero-order chi connectivity index (χ0) is 22.0. The topological polar surface area (TPSA) is 26.3 Å². The Balaban J connectivity index is 3.04. The summed E-state index contributed by atoms with van der Waals surface area (Å²) < 4.78 is 5.10. The van der Waals surface area contributed by atoms with E-state index in [4.69, 9.17) is 4.74 Å². The second-order valence-electron chi connectivity index (χ2n) is 9.09. The lowest BCUT2D eigenvalue weighted by molar-refractivity contribution is -0.137. The van der Waals surface area contributed by atoms with Crippen molar-refractivity contribution in [1.29, 1.82) is 0 Å². The van der Waals surface area contributed by atoms with Gasteiger partial charge in [0.2, 0.25) is 0 Å². The van der Waals surface area contributed by atoms with Crippen LogP contribution in [0.5, 0.6) is 0 Å². The average molecular weight is 423 g/mol. The van der Waals surface area contributed by atoms with Gasteiger partial charge in [0.1, 0.15) is 0 Å². The van der Waals surface area contributed by atoms with Crippen molar-refractivity contribution in [2.75, 3.05) is 6.61 Å². The molecule has 0 amide bonds. The Morgan fingerprint density at radius 1 is 0.533 bits per heavy atom. The van der Waals surface area contributed by atoms with E-state index in [1.54, 1.807) is 6.08 Å². The van der Waals surface area contributed by atoms with Crippen molar-refractivity contribution in [3.8, 4) is 0 Å². The van der Waals surface area contributed by atoms with Gasteiger partial charge in [-0.15, -0.1) is 0 Å². The number of esters is 1. The molecule has 0 aromatic heterocycles. The van der Waals surface area contributed by atoms with E-state index >= 15 is 0 Å². The highest BCUT2D eigenvalue weighted by Gasteiger charge is 1.97. The van der Waals surface area contributed by atoms with Gasteiger partial charge in [-0.1, -0.05) is 148 Å². The first-order chi connectivity index (χ1) is 14.8. The van der Waals surface area contributed by atoms with Crippen LogP contribution in [0.4, 0.5) is 0 Å². The normalized spacial score (nSPS) is 11.4. The van der Waals surface area contributed by atoms with Crippen LogP contribution in [0.15, 0.2) is 12.2 Å². The van der Waals surface area contributed by atoms with Crippen LogP contribution in [0, 0.1) is 0 Å². The van der Waals surface area contributed by atoms with Gasteiger partial charge in [-0.25, -0.2) is 4.79 Å². The highest BCUT2D eigenvalue weighted by Crippen LogP contribution is 2.15. The minimum absolute atomic E-state index is 0.207. The molecule has 0 rings (SSSR count). The average Bonchev–Trinajstić information content (AvgIpc) is 2.74. The van der Waals surface area contributed by atoms with Crippen LogP contribution in [-0.4, -0.2) is 12.6 Å². The smallest absolute Gasteiger partial charge is 0.330 e. The molecule has 0 fully saturated rings. The van der Waals surface area contributed by atoms with Crippen molar-refractivity contribution >= 4 is 5.97 Å². The highest BCUT2D eigenvalue weighted by atomic mass is 16.5. The Hall–Kier alpha value is -0.790. The molecule has 0 bridgehead atoms. The van der Waals surface area contributed by atoms with E-state index in [0.29, 0.717) is 6.61 Å². The lowest BCUT2D eigenvalue weighted by Crippen LogP contribution is -2.01. The first-order valence-corrected chi connectivity index (χ1v) is 13.6. The zero-order valence-corrected chi connectivity index (χ0v) is 20.7. The lowest BCUT2D eigenvalue weighted by Gasteiger charge is -2.04. The number of allylic oxidation sites excluding steroid dienone is 1. The Morgan fingerprint density at radius 2 is 0.833 bits per heavy atom. The minimum atomic E-state index is -0.207. The predicted octanol–water partition coefficient (Wildman–Crippen LogP) is 9.71. The van der Waals surface area contributed by atoms with Crippen LogP contribution < -0.4 is 0 Å².